The first kappa shape index (κ1) is 17.9. The number of carbonyl (C=O) groups is 2. The molecule has 3 heterocycles. The molecule has 7 heteroatoms. The molecule has 1 fully saturated rings. The summed E-state index contributed by atoms with van der Waals surface area (Å²) in [6, 6.07) is 9.40. The number of fused-ring (bicyclic) bond motifs is 1. The van der Waals surface area contributed by atoms with Crippen LogP contribution in [0.25, 0.3) is 0 Å². The van der Waals surface area contributed by atoms with Crippen LogP contribution in [0.3, 0.4) is 0 Å². The fraction of sp³-hybridized carbons (Fsp3) is 0.400. The van der Waals surface area contributed by atoms with E-state index in [2.05, 4.69) is 11.4 Å². The maximum absolute atomic E-state index is 12.7. The number of hydrogen-bond acceptors (Lipinski definition) is 5. The summed E-state index contributed by atoms with van der Waals surface area (Å²) in [5.74, 6) is 1.43. The minimum absolute atomic E-state index is 0.0295. The van der Waals surface area contributed by atoms with Crippen molar-refractivity contribution in [3.8, 4) is 11.5 Å². The van der Waals surface area contributed by atoms with Gasteiger partial charge in [0.15, 0.2) is 11.5 Å². The first-order chi connectivity index (χ1) is 13.2. The van der Waals surface area contributed by atoms with E-state index >= 15 is 0 Å². The fourth-order valence-electron chi connectivity index (χ4n) is 3.40. The molecule has 27 heavy (non-hydrogen) atoms. The van der Waals surface area contributed by atoms with Crippen LogP contribution < -0.4 is 9.47 Å². The number of carbonyl (C=O) groups excluding carboxylic acids is 2. The van der Waals surface area contributed by atoms with E-state index in [0.717, 1.165) is 12.8 Å². The van der Waals surface area contributed by atoms with E-state index in [1.807, 2.05) is 11.0 Å². The van der Waals surface area contributed by atoms with Crippen LogP contribution in [-0.2, 0) is 11.2 Å². The average Bonchev–Trinajstić information content (AvgIpc) is 3.38. The number of hydrogen-bond donors (Lipinski definition) is 0. The van der Waals surface area contributed by atoms with E-state index in [1.54, 1.807) is 34.4 Å². The highest BCUT2D eigenvalue weighted by Crippen LogP contribution is 2.32. The Balaban J connectivity index is 1.25. The van der Waals surface area contributed by atoms with E-state index in [1.165, 1.54) is 4.88 Å². The summed E-state index contributed by atoms with van der Waals surface area (Å²) in [5.41, 5.74) is 0.593. The molecule has 142 valence electrons. The van der Waals surface area contributed by atoms with Crippen LogP contribution in [0.5, 0.6) is 11.5 Å². The van der Waals surface area contributed by atoms with Crippen molar-refractivity contribution in [2.24, 2.45) is 0 Å². The summed E-state index contributed by atoms with van der Waals surface area (Å²) in [4.78, 5) is 30.1. The summed E-state index contributed by atoms with van der Waals surface area (Å²) in [6.45, 7) is 2.50. The number of nitrogens with zero attached hydrogens (tertiary/aromatic N) is 2. The summed E-state index contributed by atoms with van der Waals surface area (Å²) in [7, 11) is 0. The Morgan fingerprint density at radius 3 is 2.56 bits per heavy atom. The lowest BCUT2D eigenvalue weighted by Gasteiger charge is -2.35. The Kier molecular flexibility index (Phi) is 5.29. The topological polar surface area (TPSA) is 59.1 Å². The van der Waals surface area contributed by atoms with Crippen molar-refractivity contribution in [3.05, 3.63) is 46.2 Å². The molecule has 1 aromatic heterocycles. The van der Waals surface area contributed by atoms with Crippen molar-refractivity contribution >= 4 is 23.2 Å². The molecule has 0 bridgehead atoms. The molecule has 0 aliphatic carbocycles. The predicted octanol–water partition coefficient (Wildman–Crippen LogP) is 2.78. The van der Waals surface area contributed by atoms with Crippen molar-refractivity contribution in [3.63, 3.8) is 0 Å². The zero-order chi connectivity index (χ0) is 18.6. The van der Waals surface area contributed by atoms with E-state index in [-0.39, 0.29) is 18.6 Å². The van der Waals surface area contributed by atoms with Gasteiger partial charge >= 0.3 is 0 Å². The second-order valence-corrected chi connectivity index (χ2v) is 7.71. The molecule has 2 aliphatic rings. The van der Waals surface area contributed by atoms with Crippen LogP contribution in [0.2, 0.25) is 0 Å². The molecule has 0 unspecified atom stereocenters. The lowest BCUT2D eigenvalue weighted by molar-refractivity contribution is -0.132. The number of benzene rings is 1. The standard InChI is InChI=1S/C20H22N2O4S/c23-19(5-1-3-16-4-2-12-27-16)21-8-10-22(11-9-21)20(24)15-6-7-17-18(13-15)26-14-25-17/h2,4,6-7,12-13H,1,3,5,8-11,14H2. The van der Waals surface area contributed by atoms with Gasteiger partial charge in [0.05, 0.1) is 0 Å². The van der Waals surface area contributed by atoms with Gasteiger partial charge in [-0.05, 0) is 42.5 Å². The fourth-order valence-corrected chi connectivity index (χ4v) is 4.15. The molecular weight excluding hydrogens is 364 g/mol. The molecule has 0 radical (unpaired) electrons. The maximum Gasteiger partial charge on any atom is 0.254 e. The van der Waals surface area contributed by atoms with E-state index < -0.39 is 0 Å². The van der Waals surface area contributed by atoms with Crippen molar-refractivity contribution < 1.29 is 19.1 Å². The Hall–Kier alpha value is -2.54. The Labute approximate surface area is 162 Å². The van der Waals surface area contributed by atoms with E-state index in [0.29, 0.717) is 49.7 Å². The highest BCUT2D eigenvalue weighted by atomic mass is 32.1. The molecule has 0 spiro atoms. The summed E-state index contributed by atoms with van der Waals surface area (Å²) >= 11 is 1.73. The molecule has 4 rings (SSSR count). The third-order valence-corrected chi connectivity index (χ3v) is 5.87. The van der Waals surface area contributed by atoms with Gasteiger partial charge in [-0.15, -0.1) is 11.3 Å². The van der Waals surface area contributed by atoms with Gasteiger partial charge in [0.1, 0.15) is 0 Å². The van der Waals surface area contributed by atoms with E-state index in [4.69, 9.17) is 9.47 Å². The van der Waals surface area contributed by atoms with Crippen LogP contribution in [0, 0.1) is 0 Å². The molecule has 0 atom stereocenters. The average molecular weight is 386 g/mol. The molecule has 2 aliphatic heterocycles. The molecule has 2 amide bonds. The summed E-state index contributed by atoms with van der Waals surface area (Å²) < 4.78 is 10.6. The lowest BCUT2D eigenvalue weighted by Crippen LogP contribution is -2.50. The van der Waals surface area contributed by atoms with Crippen LogP contribution >= 0.6 is 11.3 Å². The van der Waals surface area contributed by atoms with Crippen molar-refractivity contribution in [2.75, 3.05) is 33.0 Å². The number of thiophene rings is 1. The zero-order valence-corrected chi connectivity index (χ0v) is 15.9. The first-order valence-electron chi connectivity index (χ1n) is 9.20. The Morgan fingerprint density at radius 2 is 1.78 bits per heavy atom. The van der Waals surface area contributed by atoms with Gasteiger partial charge in [-0.3, -0.25) is 9.59 Å². The second-order valence-electron chi connectivity index (χ2n) is 6.67. The molecule has 0 saturated carbocycles. The summed E-state index contributed by atoms with van der Waals surface area (Å²) in [6.07, 6.45) is 2.38. The Morgan fingerprint density at radius 1 is 1.00 bits per heavy atom. The van der Waals surface area contributed by atoms with Gasteiger partial charge < -0.3 is 19.3 Å². The number of aryl methyl sites for hydroxylation is 1. The van der Waals surface area contributed by atoms with E-state index in [9.17, 15) is 9.59 Å². The van der Waals surface area contributed by atoms with Crippen LogP contribution in [-0.4, -0.2) is 54.6 Å². The predicted molar refractivity (Wildman–Crippen MR) is 102 cm³/mol. The van der Waals surface area contributed by atoms with Gasteiger partial charge in [-0.2, -0.15) is 0 Å². The molecule has 2 aromatic rings. The minimum Gasteiger partial charge on any atom is -0.454 e. The smallest absolute Gasteiger partial charge is 0.254 e. The number of ether oxygens (including phenoxy) is 2. The highest BCUT2D eigenvalue weighted by Gasteiger charge is 2.26. The number of rotatable bonds is 5. The minimum atomic E-state index is -0.0295. The van der Waals surface area contributed by atoms with Crippen LogP contribution in [0.15, 0.2) is 35.7 Å². The number of piperazine rings is 1. The Bertz CT molecular complexity index is 813. The van der Waals surface area contributed by atoms with Gasteiger partial charge in [0.2, 0.25) is 12.7 Å². The maximum atomic E-state index is 12.7. The molecule has 6 nitrogen and oxygen atoms in total. The molecule has 0 N–H and O–H groups in total. The molecular formula is C20H22N2O4S. The number of amides is 2. The molecule has 1 aromatic carbocycles. The zero-order valence-electron chi connectivity index (χ0n) is 15.1. The quantitative estimate of drug-likeness (QED) is 0.793. The highest BCUT2D eigenvalue weighted by molar-refractivity contribution is 7.09. The van der Waals surface area contributed by atoms with Gasteiger partial charge in [-0.25, -0.2) is 0 Å². The lowest BCUT2D eigenvalue weighted by atomic mass is 10.1. The van der Waals surface area contributed by atoms with Gasteiger partial charge in [-0.1, -0.05) is 6.07 Å². The third kappa shape index (κ3) is 4.08. The SMILES string of the molecule is O=C(CCCc1cccs1)N1CCN(C(=O)c2ccc3c(c2)OCO3)CC1. The van der Waals surface area contributed by atoms with Gasteiger partial charge in [0.25, 0.3) is 5.91 Å². The van der Waals surface area contributed by atoms with Crippen LogP contribution in [0.4, 0.5) is 0 Å². The van der Waals surface area contributed by atoms with Crippen molar-refractivity contribution in [1.82, 2.24) is 9.80 Å². The van der Waals surface area contributed by atoms with Crippen LogP contribution in [0.1, 0.15) is 28.1 Å². The second kappa shape index (κ2) is 8.00. The van der Waals surface area contributed by atoms with Gasteiger partial charge in [0, 0.05) is 43.0 Å². The first-order valence-corrected chi connectivity index (χ1v) is 10.1. The normalized spacial score (nSPS) is 15.9. The van der Waals surface area contributed by atoms with Crippen molar-refractivity contribution in [1.29, 1.82) is 0 Å². The summed E-state index contributed by atoms with van der Waals surface area (Å²) in [5, 5.41) is 2.06. The largest absolute Gasteiger partial charge is 0.454 e. The third-order valence-electron chi connectivity index (χ3n) is 4.93. The molecule has 1 saturated heterocycles. The van der Waals surface area contributed by atoms with Crippen molar-refractivity contribution in [2.45, 2.75) is 19.3 Å². The monoisotopic (exact) mass is 386 g/mol.